The molecule has 1 nitrogen and oxygen atoms in total. The van der Waals surface area contributed by atoms with Crippen molar-refractivity contribution in [3.8, 4) is 11.1 Å². The molecule has 2 aromatic carbocycles. The highest BCUT2D eigenvalue weighted by Crippen LogP contribution is 2.39. The molecule has 2 rings (SSSR count). The largest absolute Gasteiger partial charge is 0.393 e. The van der Waals surface area contributed by atoms with Gasteiger partial charge in [-0.2, -0.15) is 0 Å². The van der Waals surface area contributed by atoms with Crippen molar-refractivity contribution in [1.29, 1.82) is 0 Å². The summed E-state index contributed by atoms with van der Waals surface area (Å²) in [6, 6.07) is 19.3. The first kappa shape index (κ1) is 15.8. The summed E-state index contributed by atoms with van der Waals surface area (Å²) in [5, 5.41) is 9.68. The molecule has 0 fully saturated rings. The van der Waals surface area contributed by atoms with E-state index in [1.54, 1.807) is 0 Å². The second-order valence-corrected chi connectivity index (χ2v) is 6.75. The minimum atomic E-state index is -0.258. The Hall–Kier alpha value is -1.60. The Morgan fingerprint density at radius 1 is 0.857 bits per heavy atom. The molecular formula is C20H26O. The van der Waals surface area contributed by atoms with Crippen molar-refractivity contribution in [2.75, 3.05) is 0 Å². The molecule has 0 radical (unpaired) electrons. The SMILES string of the molecule is CC(O)CC(C)(C)C(C)c1ccc(-c2ccccc2)cc1. The van der Waals surface area contributed by atoms with Crippen LogP contribution in [0.1, 0.15) is 45.6 Å². The van der Waals surface area contributed by atoms with Crippen molar-refractivity contribution in [1.82, 2.24) is 0 Å². The van der Waals surface area contributed by atoms with Crippen LogP contribution in [-0.2, 0) is 0 Å². The van der Waals surface area contributed by atoms with Crippen LogP contribution in [0.2, 0.25) is 0 Å². The highest BCUT2D eigenvalue weighted by molar-refractivity contribution is 5.63. The molecule has 0 bridgehead atoms. The van der Waals surface area contributed by atoms with E-state index in [1.165, 1.54) is 16.7 Å². The van der Waals surface area contributed by atoms with E-state index in [2.05, 4.69) is 69.3 Å². The van der Waals surface area contributed by atoms with E-state index in [1.807, 2.05) is 13.0 Å². The molecule has 0 saturated carbocycles. The van der Waals surface area contributed by atoms with Gasteiger partial charge in [0.15, 0.2) is 0 Å². The molecule has 21 heavy (non-hydrogen) atoms. The summed E-state index contributed by atoms with van der Waals surface area (Å²) in [7, 11) is 0. The highest BCUT2D eigenvalue weighted by Gasteiger charge is 2.28. The van der Waals surface area contributed by atoms with Crippen LogP contribution in [0.3, 0.4) is 0 Å². The lowest BCUT2D eigenvalue weighted by molar-refractivity contribution is 0.116. The quantitative estimate of drug-likeness (QED) is 0.793. The lowest BCUT2D eigenvalue weighted by Gasteiger charge is -2.33. The Kier molecular flexibility index (Phi) is 4.84. The Balaban J connectivity index is 2.19. The van der Waals surface area contributed by atoms with Crippen molar-refractivity contribution in [3.63, 3.8) is 0 Å². The van der Waals surface area contributed by atoms with Gasteiger partial charge in [-0.05, 0) is 41.4 Å². The average molecular weight is 282 g/mol. The summed E-state index contributed by atoms with van der Waals surface area (Å²) in [5.41, 5.74) is 3.92. The van der Waals surface area contributed by atoms with Gasteiger partial charge in [-0.1, -0.05) is 75.4 Å². The predicted molar refractivity (Wildman–Crippen MR) is 90.4 cm³/mol. The fourth-order valence-electron chi connectivity index (χ4n) is 2.98. The molecule has 0 aliphatic rings. The minimum Gasteiger partial charge on any atom is -0.393 e. The van der Waals surface area contributed by atoms with Gasteiger partial charge in [-0.3, -0.25) is 0 Å². The molecule has 0 heterocycles. The Labute approximate surface area is 128 Å². The van der Waals surface area contributed by atoms with E-state index >= 15 is 0 Å². The fourth-order valence-corrected chi connectivity index (χ4v) is 2.98. The molecule has 112 valence electrons. The molecule has 0 aliphatic carbocycles. The summed E-state index contributed by atoms with van der Waals surface area (Å²) in [6.07, 6.45) is 0.556. The van der Waals surface area contributed by atoms with Gasteiger partial charge in [0.25, 0.3) is 0 Å². The molecule has 0 spiro atoms. The predicted octanol–water partition coefficient (Wildman–Crippen LogP) is 5.25. The van der Waals surface area contributed by atoms with E-state index < -0.39 is 0 Å². The second kappa shape index (κ2) is 6.44. The summed E-state index contributed by atoms with van der Waals surface area (Å²) < 4.78 is 0. The molecular weight excluding hydrogens is 256 g/mol. The zero-order chi connectivity index (χ0) is 15.5. The third-order valence-electron chi connectivity index (χ3n) is 4.51. The highest BCUT2D eigenvalue weighted by atomic mass is 16.3. The minimum absolute atomic E-state index is 0.0857. The first-order valence-electron chi connectivity index (χ1n) is 7.73. The van der Waals surface area contributed by atoms with Gasteiger partial charge >= 0.3 is 0 Å². The van der Waals surface area contributed by atoms with Crippen LogP contribution in [0.15, 0.2) is 54.6 Å². The number of rotatable bonds is 5. The van der Waals surface area contributed by atoms with Crippen LogP contribution in [0.25, 0.3) is 11.1 Å². The molecule has 0 aliphatic heterocycles. The maximum atomic E-state index is 9.68. The van der Waals surface area contributed by atoms with Crippen LogP contribution in [0.4, 0.5) is 0 Å². The van der Waals surface area contributed by atoms with Crippen molar-refractivity contribution in [2.24, 2.45) is 5.41 Å². The molecule has 2 aromatic rings. The third-order valence-corrected chi connectivity index (χ3v) is 4.51. The molecule has 0 amide bonds. The van der Waals surface area contributed by atoms with Crippen molar-refractivity contribution in [2.45, 2.75) is 46.1 Å². The molecule has 1 heteroatoms. The maximum absolute atomic E-state index is 9.68. The zero-order valence-electron chi connectivity index (χ0n) is 13.5. The zero-order valence-corrected chi connectivity index (χ0v) is 13.5. The van der Waals surface area contributed by atoms with E-state index in [9.17, 15) is 5.11 Å². The molecule has 2 atom stereocenters. The van der Waals surface area contributed by atoms with Crippen LogP contribution in [-0.4, -0.2) is 11.2 Å². The number of aliphatic hydroxyl groups excluding tert-OH is 1. The van der Waals surface area contributed by atoms with Crippen LogP contribution in [0, 0.1) is 5.41 Å². The number of hydrogen-bond acceptors (Lipinski definition) is 1. The first-order chi connectivity index (χ1) is 9.90. The van der Waals surface area contributed by atoms with Gasteiger partial charge in [0, 0.05) is 0 Å². The van der Waals surface area contributed by atoms with Crippen molar-refractivity contribution < 1.29 is 5.11 Å². The maximum Gasteiger partial charge on any atom is 0.0517 e. The number of hydrogen-bond donors (Lipinski definition) is 1. The van der Waals surface area contributed by atoms with Crippen LogP contribution < -0.4 is 0 Å². The van der Waals surface area contributed by atoms with E-state index in [0.717, 1.165) is 6.42 Å². The summed E-state index contributed by atoms with van der Waals surface area (Å²) in [4.78, 5) is 0. The normalized spacial score (nSPS) is 14.7. The van der Waals surface area contributed by atoms with Crippen molar-refractivity contribution in [3.05, 3.63) is 60.2 Å². The van der Waals surface area contributed by atoms with Crippen molar-refractivity contribution >= 4 is 0 Å². The topological polar surface area (TPSA) is 20.2 Å². The smallest absolute Gasteiger partial charge is 0.0517 e. The summed E-state index contributed by atoms with van der Waals surface area (Å²) in [5.74, 6) is 0.414. The summed E-state index contributed by atoms with van der Waals surface area (Å²) in [6.45, 7) is 8.58. The van der Waals surface area contributed by atoms with Crippen LogP contribution in [0.5, 0.6) is 0 Å². The standard InChI is InChI=1S/C20H26O/c1-15(21)14-20(3,4)16(2)17-10-12-19(13-11-17)18-8-6-5-7-9-18/h5-13,15-16,21H,14H2,1-4H3. The fraction of sp³-hybridized carbons (Fsp3) is 0.400. The van der Waals surface area contributed by atoms with E-state index in [-0.39, 0.29) is 11.5 Å². The molecule has 0 aromatic heterocycles. The molecule has 0 saturated heterocycles. The average Bonchev–Trinajstić information content (AvgIpc) is 2.46. The summed E-state index contributed by atoms with van der Waals surface area (Å²) >= 11 is 0. The Morgan fingerprint density at radius 2 is 1.38 bits per heavy atom. The van der Waals surface area contributed by atoms with Gasteiger partial charge in [0.05, 0.1) is 6.10 Å². The van der Waals surface area contributed by atoms with Gasteiger partial charge in [-0.25, -0.2) is 0 Å². The lowest BCUT2D eigenvalue weighted by Crippen LogP contribution is -2.24. The van der Waals surface area contributed by atoms with Crippen LogP contribution >= 0.6 is 0 Å². The van der Waals surface area contributed by atoms with E-state index in [0.29, 0.717) is 5.92 Å². The van der Waals surface area contributed by atoms with E-state index in [4.69, 9.17) is 0 Å². The third kappa shape index (κ3) is 3.95. The molecule has 1 N–H and O–H groups in total. The Morgan fingerprint density at radius 3 is 1.90 bits per heavy atom. The second-order valence-electron chi connectivity index (χ2n) is 6.75. The van der Waals surface area contributed by atoms with Gasteiger partial charge in [-0.15, -0.1) is 0 Å². The Bertz CT molecular complexity index is 552. The monoisotopic (exact) mass is 282 g/mol. The van der Waals surface area contributed by atoms with Gasteiger partial charge in [0.1, 0.15) is 0 Å². The van der Waals surface area contributed by atoms with Gasteiger partial charge in [0.2, 0.25) is 0 Å². The number of benzene rings is 2. The number of aliphatic hydroxyl groups is 1. The molecule has 2 unspecified atom stereocenters. The first-order valence-corrected chi connectivity index (χ1v) is 7.73. The lowest BCUT2D eigenvalue weighted by atomic mass is 9.72. The van der Waals surface area contributed by atoms with Gasteiger partial charge < -0.3 is 5.11 Å².